The number of carbonyl (C=O) groups is 3. The standard InChI is InChI=1S/C16H12ClF3N2O5/c17-10-4-2-1-3-9(10)11-5-6-12(27-11)14(24)26-7-13(23)22-15(25)21-8-16(18,19)20/h1-6H,7-8H2,(H2,21,22,23,25). The van der Waals surface area contributed by atoms with E-state index in [2.05, 4.69) is 4.74 Å². The zero-order valence-electron chi connectivity index (χ0n) is 13.4. The minimum Gasteiger partial charge on any atom is -0.450 e. The van der Waals surface area contributed by atoms with Gasteiger partial charge < -0.3 is 14.5 Å². The summed E-state index contributed by atoms with van der Waals surface area (Å²) >= 11 is 6.02. The van der Waals surface area contributed by atoms with Crippen LogP contribution in [0.2, 0.25) is 5.02 Å². The maximum absolute atomic E-state index is 11.9. The fraction of sp³-hybridized carbons (Fsp3) is 0.188. The van der Waals surface area contributed by atoms with Crippen molar-refractivity contribution in [2.45, 2.75) is 6.18 Å². The monoisotopic (exact) mass is 404 g/mol. The van der Waals surface area contributed by atoms with Crippen molar-refractivity contribution in [2.24, 2.45) is 0 Å². The number of furan rings is 1. The van der Waals surface area contributed by atoms with Gasteiger partial charge in [0.25, 0.3) is 5.91 Å². The lowest BCUT2D eigenvalue weighted by atomic mass is 10.2. The number of urea groups is 1. The van der Waals surface area contributed by atoms with E-state index >= 15 is 0 Å². The molecular weight excluding hydrogens is 393 g/mol. The summed E-state index contributed by atoms with van der Waals surface area (Å²) in [7, 11) is 0. The second kappa shape index (κ2) is 8.58. The predicted molar refractivity (Wildman–Crippen MR) is 87.0 cm³/mol. The molecule has 11 heteroatoms. The first kappa shape index (κ1) is 20.3. The molecule has 2 aromatic rings. The number of rotatable bonds is 5. The van der Waals surface area contributed by atoms with Crippen molar-refractivity contribution in [3.8, 4) is 11.3 Å². The zero-order valence-corrected chi connectivity index (χ0v) is 14.2. The topological polar surface area (TPSA) is 97.6 Å². The number of halogens is 4. The van der Waals surface area contributed by atoms with Gasteiger partial charge in [-0.05, 0) is 24.3 Å². The number of esters is 1. The smallest absolute Gasteiger partial charge is 0.405 e. The van der Waals surface area contributed by atoms with Crippen LogP contribution in [0.4, 0.5) is 18.0 Å². The molecule has 0 aliphatic rings. The molecule has 0 aliphatic heterocycles. The average molecular weight is 405 g/mol. The van der Waals surface area contributed by atoms with Gasteiger partial charge in [0, 0.05) is 5.56 Å². The van der Waals surface area contributed by atoms with Gasteiger partial charge in [-0.1, -0.05) is 23.7 Å². The van der Waals surface area contributed by atoms with Crippen LogP contribution in [0.25, 0.3) is 11.3 Å². The molecule has 1 heterocycles. The van der Waals surface area contributed by atoms with Gasteiger partial charge in [0.2, 0.25) is 5.76 Å². The lowest BCUT2D eigenvalue weighted by Gasteiger charge is -2.09. The minimum absolute atomic E-state index is 0.223. The van der Waals surface area contributed by atoms with Gasteiger partial charge in [-0.3, -0.25) is 10.1 Å². The number of hydrogen-bond acceptors (Lipinski definition) is 5. The summed E-state index contributed by atoms with van der Waals surface area (Å²) < 4.78 is 45.7. The number of alkyl halides is 3. The van der Waals surface area contributed by atoms with Crippen LogP contribution in [0, 0.1) is 0 Å². The number of imide groups is 1. The van der Waals surface area contributed by atoms with Gasteiger partial charge in [0.1, 0.15) is 12.3 Å². The van der Waals surface area contributed by atoms with Crippen molar-refractivity contribution < 1.29 is 36.7 Å². The van der Waals surface area contributed by atoms with Crippen molar-refractivity contribution >= 4 is 29.5 Å². The number of ether oxygens (including phenoxy) is 1. The molecular formula is C16H12ClF3N2O5. The zero-order chi connectivity index (χ0) is 20.0. The molecule has 1 aromatic heterocycles. The summed E-state index contributed by atoms with van der Waals surface area (Å²) in [6.45, 7) is -2.50. The Labute approximate surface area is 155 Å². The maximum Gasteiger partial charge on any atom is 0.405 e. The maximum atomic E-state index is 11.9. The lowest BCUT2D eigenvalue weighted by Crippen LogP contribution is -2.44. The van der Waals surface area contributed by atoms with E-state index in [1.54, 1.807) is 29.6 Å². The molecule has 0 radical (unpaired) electrons. The van der Waals surface area contributed by atoms with Gasteiger partial charge >= 0.3 is 18.2 Å². The third-order valence-corrected chi connectivity index (χ3v) is 3.31. The van der Waals surface area contributed by atoms with E-state index in [1.807, 2.05) is 0 Å². The summed E-state index contributed by atoms with van der Waals surface area (Å²) in [6.07, 6.45) is -4.62. The third kappa shape index (κ3) is 6.33. The Morgan fingerprint density at radius 1 is 1.11 bits per heavy atom. The minimum atomic E-state index is -4.62. The Morgan fingerprint density at radius 2 is 1.81 bits per heavy atom. The van der Waals surface area contributed by atoms with Crippen LogP contribution in [0.5, 0.6) is 0 Å². The highest BCUT2D eigenvalue weighted by Gasteiger charge is 2.28. The summed E-state index contributed by atoms with van der Waals surface area (Å²) in [5, 5.41) is 3.41. The fourth-order valence-electron chi connectivity index (χ4n) is 1.84. The molecule has 0 saturated carbocycles. The lowest BCUT2D eigenvalue weighted by molar-refractivity contribution is -0.125. The predicted octanol–water partition coefficient (Wildman–Crippen LogP) is 3.14. The van der Waals surface area contributed by atoms with Crippen LogP contribution in [-0.4, -0.2) is 37.2 Å². The summed E-state index contributed by atoms with van der Waals surface area (Å²) in [4.78, 5) is 34.3. The number of hydrogen-bond donors (Lipinski definition) is 2. The van der Waals surface area contributed by atoms with Crippen LogP contribution in [0.3, 0.4) is 0 Å². The van der Waals surface area contributed by atoms with Crippen LogP contribution < -0.4 is 10.6 Å². The Hall–Kier alpha value is -3.01. The van der Waals surface area contributed by atoms with E-state index in [0.717, 1.165) is 0 Å². The van der Waals surface area contributed by atoms with Gasteiger partial charge in [0.15, 0.2) is 6.61 Å². The van der Waals surface area contributed by atoms with E-state index in [1.165, 1.54) is 17.4 Å². The second-order valence-corrected chi connectivity index (χ2v) is 5.47. The molecule has 0 saturated heterocycles. The first-order valence-electron chi connectivity index (χ1n) is 7.32. The van der Waals surface area contributed by atoms with E-state index in [0.29, 0.717) is 16.3 Å². The van der Waals surface area contributed by atoms with Gasteiger partial charge in [-0.15, -0.1) is 0 Å². The number of carbonyl (C=O) groups excluding carboxylic acids is 3. The van der Waals surface area contributed by atoms with E-state index in [-0.39, 0.29) is 5.76 Å². The van der Waals surface area contributed by atoms with Crippen LogP contribution in [-0.2, 0) is 9.53 Å². The van der Waals surface area contributed by atoms with Crippen molar-refractivity contribution in [2.75, 3.05) is 13.2 Å². The van der Waals surface area contributed by atoms with Crippen LogP contribution in [0.1, 0.15) is 10.6 Å². The van der Waals surface area contributed by atoms with Crippen molar-refractivity contribution in [1.29, 1.82) is 0 Å². The summed E-state index contributed by atoms with van der Waals surface area (Å²) in [5.41, 5.74) is 0.539. The molecule has 7 nitrogen and oxygen atoms in total. The molecule has 144 valence electrons. The van der Waals surface area contributed by atoms with Gasteiger partial charge in [-0.2, -0.15) is 13.2 Å². The molecule has 0 fully saturated rings. The van der Waals surface area contributed by atoms with E-state index < -0.39 is 37.2 Å². The summed E-state index contributed by atoms with van der Waals surface area (Å²) in [6, 6.07) is 8.14. The molecule has 27 heavy (non-hydrogen) atoms. The molecule has 0 atom stereocenters. The SMILES string of the molecule is O=C(COC(=O)c1ccc(-c2ccccc2Cl)o1)NC(=O)NCC(F)(F)F. The Kier molecular flexibility index (Phi) is 6.45. The molecule has 2 N–H and O–H groups in total. The van der Waals surface area contributed by atoms with E-state index in [9.17, 15) is 27.6 Å². The Balaban J connectivity index is 1.85. The third-order valence-electron chi connectivity index (χ3n) is 2.98. The van der Waals surface area contributed by atoms with Crippen molar-refractivity contribution in [1.82, 2.24) is 10.6 Å². The van der Waals surface area contributed by atoms with Crippen molar-refractivity contribution in [3.05, 3.63) is 47.2 Å². The summed E-state index contributed by atoms with van der Waals surface area (Å²) in [5.74, 6) is -2.04. The largest absolute Gasteiger partial charge is 0.450 e. The normalized spacial score (nSPS) is 11.0. The molecule has 2 rings (SSSR count). The number of benzene rings is 1. The Bertz CT molecular complexity index is 851. The highest BCUT2D eigenvalue weighted by molar-refractivity contribution is 6.33. The molecule has 0 unspecified atom stereocenters. The van der Waals surface area contributed by atoms with Crippen LogP contribution >= 0.6 is 11.6 Å². The Morgan fingerprint density at radius 3 is 2.48 bits per heavy atom. The molecule has 0 spiro atoms. The number of nitrogens with one attached hydrogen (secondary N) is 2. The quantitative estimate of drug-likeness (QED) is 0.746. The van der Waals surface area contributed by atoms with Crippen LogP contribution in [0.15, 0.2) is 40.8 Å². The first-order chi connectivity index (χ1) is 12.7. The van der Waals surface area contributed by atoms with Gasteiger partial charge in [-0.25, -0.2) is 9.59 Å². The second-order valence-electron chi connectivity index (χ2n) is 5.07. The number of amides is 3. The van der Waals surface area contributed by atoms with Gasteiger partial charge in [0.05, 0.1) is 5.02 Å². The fourth-order valence-corrected chi connectivity index (χ4v) is 2.07. The highest BCUT2D eigenvalue weighted by Crippen LogP contribution is 2.29. The van der Waals surface area contributed by atoms with E-state index in [4.69, 9.17) is 16.0 Å². The molecule has 3 amide bonds. The molecule has 0 aliphatic carbocycles. The highest BCUT2D eigenvalue weighted by atomic mass is 35.5. The average Bonchev–Trinajstić information content (AvgIpc) is 3.07. The van der Waals surface area contributed by atoms with Crippen molar-refractivity contribution in [3.63, 3.8) is 0 Å². The molecule has 0 bridgehead atoms. The molecule has 1 aromatic carbocycles. The first-order valence-corrected chi connectivity index (χ1v) is 7.70.